The molecule has 1 aliphatic heterocycles. The first-order valence-electron chi connectivity index (χ1n) is 23.9. The van der Waals surface area contributed by atoms with Crippen molar-refractivity contribution in [2.75, 3.05) is 13.7 Å². The van der Waals surface area contributed by atoms with Gasteiger partial charge >= 0.3 is 29.8 Å². The number of ether oxygens (including phenoxy) is 7. The highest BCUT2D eigenvalue weighted by Crippen LogP contribution is 2.68. The van der Waals surface area contributed by atoms with E-state index in [0.717, 1.165) is 90.6 Å². The quantitative estimate of drug-likeness (QED) is 0.0855. The lowest BCUT2D eigenvalue weighted by Crippen LogP contribution is -2.71. The number of rotatable bonds is 16. The van der Waals surface area contributed by atoms with Gasteiger partial charge in [0, 0.05) is 41.5 Å². The summed E-state index contributed by atoms with van der Waals surface area (Å²) in [5.74, 6) is -3.77. The van der Waals surface area contributed by atoms with E-state index in [-0.39, 0.29) is 11.3 Å². The Hall–Kier alpha value is -3.59. The average molecular weight is 904 g/mol. The Labute approximate surface area is 380 Å². The largest absolute Gasteiger partial charge is 0.465 e. The lowest BCUT2D eigenvalue weighted by molar-refractivity contribution is -0.335. The molecule has 1 saturated heterocycles. The molecule has 362 valence electrons. The van der Waals surface area contributed by atoms with Crippen molar-refractivity contribution in [3.8, 4) is 0 Å². The van der Waals surface area contributed by atoms with Crippen LogP contribution in [0, 0.1) is 52.3 Å². The molecule has 1 heterocycles. The van der Waals surface area contributed by atoms with E-state index in [0.29, 0.717) is 36.0 Å². The van der Waals surface area contributed by atoms with Gasteiger partial charge in [-0.2, -0.15) is 0 Å². The Balaban J connectivity index is 1.47. The second-order valence-corrected chi connectivity index (χ2v) is 20.8. The number of hydrogen-bond donors (Lipinski definition) is 0. The van der Waals surface area contributed by atoms with Crippen LogP contribution in [-0.4, -0.2) is 103 Å². The summed E-state index contributed by atoms with van der Waals surface area (Å²) in [5, 5.41) is 0. The van der Waals surface area contributed by atoms with Crippen molar-refractivity contribution >= 4 is 41.7 Å². The van der Waals surface area contributed by atoms with Crippen LogP contribution in [0.15, 0.2) is 0 Å². The van der Waals surface area contributed by atoms with E-state index in [1.165, 1.54) is 44.9 Å². The van der Waals surface area contributed by atoms with Crippen molar-refractivity contribution in [2.45, 2.75) is 202 Å². The molecule has 2 amide bonds. The summed E-state index contributed by atoms with van der Waals surface area (Å²) in [6.07, 6.45) is 5.54. The predicted molar refractivity (Wildman–Crippen MR) is 232 cm³/mol. The van der Waals surface area contributed by atoms with E-state index in [1.54, 1.807) is 0 Å². The number of carbonyl (C=O) groups excluding carboxylic acids is 7. The first kappa shape index (κ1) is 51.4. The number of carbonyl (C=O) groups is 7. The maximum absolute atomic E-state index is 14.3. The van der Waals surface area contributed by atoms with Crippen LogP contribution in [0.4, 0.5) is 0 Å². The molecule has 0 spiro atoms. The van der Waals surface area contributed by atoms with Crippen molar-refractivity contribution in [1.82, 2.24) is 4.90 Å². The third kappa shape index (κ3) is 11.0. The molecule has 64 heavy (non-hydrogen) atoms. The van der Waals surface area contributed by atoms with E-state index in [2.05, 4.69) is 34.6 Å². The second-order valence-electron chi connectivity index (χ2n) is 20.8. The number of imide groups is 1. The average Bonchev–Trinajstić information content (AvgIpc) is 3.55. The summed E-state index contributed by atoms with van der Waals surface area (Å²) in [5.41, 5.74) is 0.416. The van der Waals surface area contributed by atoms with Crippen LogP contribution in [0.5, 0.6) is 0 Å². The molecule has 0 aromatic carbocycles. The highest BCUT2D eigenvalue weighted by Gasteiger charge is 2.64. The van der Waals surface area contributed by atoms with Crippen molar-refractivity contribution < 1.29 is 66.7 Å². The van der Waals surface area contributed by atoms with Crippen LogP contribution < -0.4 is 0 Å². The van der Waals surface area contributed by atoms with Gasteiger partial charge in [-0.25, -0.2) is 4.79 Å². The Bertz CT molecular complexity index is 1720. The van der Waals surface area contributed by atoms with Crippen molar-refractivity contribution in [1.29, 1.82) is 0 Å². The zero-order valence-electron chi connectivity index (χ0n) is 40.6. The molecule has 4 aliphatic carbocycles. The highest BCUT2D eigenvalue weighted by molar-refractivity contribution is 5.93. The van der Waals surface area contributed by atoms with Crippen LogP contribution in [-0.2, 0) is 66.7 Å². The van der Waals surface area contributed by atoms with Crippen LogP contribution in [0.2, 0.25) is 0 Å². The van der Waals surface area contributed by atoms with Gasteiger partial charge in [0.2, 0.25) is 11.8 Å². The molecule has 15 heteroatoms. The molecule has 5 aliphatic rings. The molecule has 5 fully saturated rings. The summed E-state index contributed by atoms with van der Waals surface area (Å²) in [7, 11) is 1.15. The highest BCUT2D eigenvalue weighted by atomic mass is 16.7. The number of amides is 2. The Kier molecular flexibility index (Phi) is 16.8. The molecular weight excluding hydrogens is 827 g/mol. The number of methoxy groups -OCH3 is 1. The molecule has 0 radical (unpaired) electrons. The Morgan fingerprint density at radius 1 is 0.734 bits per heavy atom. The van der Waals surface area contributed by atoms with Gasteiger partial charge < -0.3 is 33.2 Å². The second kappa shape index (κ2) is 20.9. The Morgan fingerprint density at radius 3 is 1.95 bits per heavy atom. The molecule has 0 unspecified atom stereocenters. The van der Waals surface area contributed by atoms with Gasteiger partial charge in [0.1, 0.15) is 24.9 Å². The molecule has 0 aromatic heterocycles. The summed E-state index contributed by atoms with van der Waals surface area (Å²) < 4.78 is 41.3. The van der Waals surface area contributed by atoms with Crippen LogP contribution in [0.3, 0.4) is 0 Å². The zero-order chi connectivity index (χ0) is 47.5. The third-order valence-corrected chi connectivity index (χ3v) is 16.2. The molecule has 4 saturated carbocycles. The maximum Gasteiger partial charge on any atom is 0.366 e. The molecule has 5 rings (SSSR count). The number of nitrogens with zero attached hydrogens (tertiary/aromatic N) is 1. The van der Waals surface area contributed by atoms with Gasteiger partial charge in [-0.3, -0.25) is 33.7 Å². The zero-order valence-corrected chi connectivity index (χ0v) is 40.6. The van der Waals surface area contributed by atoms with Crippen molar-refractivity contribution in [3.63, 3.8) is 0 Å². The lowest BCUT2D eigenvalue weighted by Gasteiger charge is -2.61. The van der Waals surface area contributed by atoms with Gasteiger partial charge in [0.05, 0.1) is 19.6 Å². The fraction of sp³-hybridized carbons (Fsp3) is 0.857. The van der Waals surface area contributed by atoms with Gasteiger partial charge in [-0.05, 0) is 110 Å². The first-order valence-corrected chi connectivity index (χ1v) is 23.9. The fourth-order valence-electron chi connectivity index (χ4n) is 13.7. The standard InChI is InChI=1S/C49H77NO14/c1-27(2)14-13-15-28(3)38-18-19-39-37-17-16-35-24-36(20-22-47(35,10)40(37)21-23-48(38,39)11)63-49(46(57)58-12)25-41(60-32(7)54)43(50(29(4)51)30(5)52)45(64-49)44(62-34(9)56)42(61-33(8)55)26-59-31(6)53/h27-28,35-45H,13-26H2,1-12H3/t28-,35+,36+,37+,38-,39+,40+,41+,42-,43-,44-,45-,47+,48-,49-/m1/s1. The number of esters is 5. The van der Waals surface area contributed by atoms with Crippen LogP contribution in [0.25, 0.3) is 0 Å². The Morgan fingerprint density at radius 2 is 1.38 bits per heavy atom. The SMILES string of the molecule is COC(=O)[C@@]1(O[C@H]2CC[C@@]3(C)[C@@H](CC[C@@H]4[C@@H]3CC[C@]3(C)[C@@H]([C@H](C)CCCC(C)C)CC[C@@H]43)C2)C[C@H](OC(C)=O)[C@@H](N(C(C)=O)C(C)=O)[C@H]([C@H](OC(C)=O)[C@@H](COC(C)=O)OC(C)=O)O1. The van der Waals surface area contributed by atoms with E-state index < -0.39 is 97.0 Å². The normalized spacial score (nSPS) is 35.9. The van der Waals surface area contributed by atoms with E-state index >= 15 is 0 Å². The first-order chi connectivity index (χ1) is 30.0. The number of fused-ring (bicyclic) bond motifs is 5. The minimum absolute atomic E-state index is 0.0582. The monoisotopic (exact) mass is 904 g/mol. The number of hydrogen-bond acceptors (Lipinski definition) is 14. The van der Waals surface area contributed by atoms with Crippen molar-refractivity contribution in [2.24, 2.45) is 52.3 Å². The lowest BCUT2D eigenvalue weighted by atomic mass is 9.44. The summed E-state index contributed by atoms with van der Waals surface area (Å²) in [6, 6.07) is -1.56. The van der Waals surface area contributed by atoms with Crippen LogP contribution >= 0.6 is 0 Å². The molecule has 15 nitrogen and oxygen atoms in total. The van der Waals surface area contributed by atoms with Gasteiger partial charge in [0.15, 0.2) is 12.2 Å². The topological polar surface area (TPSA) is 187 Å². The fourth-order valence-corrected chi connectivity index (χ4v) is 13.7. The molecular formula is C49H77NO14. The molecule has 15 atom stereocenters. The van der Waals surface area contributed by atoms with E-state index in [9.17, 15) is 33.6 Å². The maximum atomic E-state index is 14.3. The van der Waals surface area contributed by atoms with Gasteiger partial charge in [-0.15, -0.1) is 0 Å². The molecule has 0 N–H and O–H groups in total. The molecule has 0 bridgehead atoms. The third-order valence-electron chi connectivity index (χ3n) is 16.2. The summed E-state index contributed by atoms with van der Waals surface area (Å²) >= 11 is 0. The van der Waals surface area contributed by atoms with E-state index in [1.807, 2.05) is 0 Å². The molecule has 0 aromatic rings. The van der Waals surface area contributed by atoms with Crippen molar-refractivity contribution in [3.05, 3.63) is 0 Å². The minimum Gasteiger partial charge on any atom is -0.465 e. The van der Waals surface area contributed by atoms with Gasteiger partial charge in [0.25, 0.3) is 5.79 Å². The van der Waals surface area contributed by atoms with Crippen LogP contribution in [0.1, 0.15) is 160 Å². The smallest absolute Gasteiger partial charge is 0.366 e. The summed E-state index contributed by atoms with van der Waals surface area (Å²) in [6.45, 7) is 18.2. The predicted octanol–water partition coefficient (Wildman–Crippen LogP) is 7.27. The minimum atomic E-state index is -2.33. The summed E-state index contributed by atoms with van der Waals surface area (Å²) in [4.78, 5) is 92.0. The van der Waals surface area contributed by atoms with E-state index in [4.69, 9.17) is 33.2 Å². The van der Waals surface area contributed by atoms with Gasteiger partial charge in [-0.1, -0.05) is 53.9 Å².